The molecule has 1 aromatic carbocycles. The lowest BCUT2D eigenvalue weighted by Gasteiger charge is -2.21. The van der Waals surface area contributed by atoms with Gasteiger partial charge in [0.2, 0.25) is 0 Å². The minimum atomic E-state index is 0.212. The summed E-state index contributed by atoms with van der Waals surface area (Å²) in [7, 11) is 0. The van der Waals surface area contributed by atoms with Crippen LogP contribution in [0.5, 0.6) is 0 Å². The number of hydrazine groups is 1. The Morgan fingerprint density at radius 3 is 2.24 bits per heavy atom. The molecule has 0 aliphatic heterocycles. The van der Waals surface area contributed by atoms with Crippen LogP contribution in [0.1, 0.15) is 44.4 Å². The van der Waals surface area contributed by atoms with Crippen LogP contribution >= 0.6 is 11.8 Å². The maximum absolute atomic E-state index is 5.61. The summed E-state index contributed by atoms with van der Waals surface area (Å²) in [5.41, 5.74) is 5.75. The van der Waals surface area contributed by atoms with E-state index < -0.39 is 0 Å². The Morgan fingerprint density at radius 1 is 1.24 bits per heavy atom. The molecule has 0 aromatic heterocycles. The first-order chi connectivity index (χ1) is 7.99. The summed E-state index contributed by atoms with van der Waals surface area (Å²) in [5.74, 6) is 6.73. The molecule has 3 N–H and O–H groups in total. The van der Waals surface area contributed by atoms with E-state index in [0.29, 0.717) is 0 Å². The Balaban J connectivity index is 2.78. The number of thioether (sulfide) groups is 1. The second-order valence-electron chi connectivity index (χ2n) is 5.37. The molecule has 3 heteroatoms. The predicted molar refractivity (Wildman–Crippen MR) is 78.2 cm³/mol. The van der Waals surface area contributed by atoms with Crippen LogP contribution < -0.4 is 11.3 Å². The molecule has 0 saturated carbocycles. The zero-order chi connectivity index (χ0) is 12.9. The number of nitrogens with two attached hydrogens (primary N) is 1. The largest absolute Gasteiger partial charge is 0.271 e. The molecule has 1 unspecified atom stereocenters. The highest BCUT2D eigenvalue weighted by Gasteiger charge is 2.14. The van der Waals surface area contributed by atoms with Gasteiger partial charge in [0.1, 0.15) is 0 Å². The summed E-state index contributed by atoms with van der Waals surface area (Å²) in [6, 6.07) is 9.05. The Hall–Kier alpha value is -0.510. The minimum absolute atomic E-state index is 0.212. The molecule has 0 aliphatic carbocycles. The van der Waals surface area contributed by atoms with Gasteiger partial charge in [-0.2, -0.15) is 11.8 Å². The van der Waals surface area contributed by atoms with Crippen molar-refractivity contribution in [3.8, 4) is 0 Å². The maximum Gasteiger partial charge on any atom is 0.0467 e. The van der Waals surface area contributed by atoms with Gasteiger partial charge in [0.05, 0.1) is 0 Å². The van der Waals surface area contributed by atoms with Gasteiger partial charge in [-0.3, -0.25) is 11.3 Å². The lowest BCUT2D eigenvalue weighted by atomic mass is 9.86. The van der Waals surface area contributed by atoms with Crippen molar-refractivity contribution >= 4 is 11.8 Å². The van der Waals surface area contributed by atoms with E-state index in [2.05, 4.69) is 56.7 Å². The van der Waals surface area contributed by atoms with Crippen LogP contribution in [0.2, 0.25) is 0 Å². The van der Waals surface area contributed by atoms with E-state index in [0.717, 1.165) is 12.2 Å². The van der Waals surface area contributed by atoms with Crippen LogP contribution in [0.3, 0.4) is 0 Å². The summed E-state index contributed by atoms with van der Waals surface area (Å²) in [4.78, 5) is 0. The number of nitrogens with one attached hydrogen (secondary N) is 1. The van der Waals surface area contributed by atoms with Gasteiger partial charge in [0.25, 0.3) is 0 Å². The highest BCUT2D eigenvalue weighted by Crippen LogP contribution is 2.25. The third kappa shape index (κ3) is 4.34. The van der Waals surface area contributed by atoms with E-state index in [4.69, 9.17) is 5.84 Å². The van der Waals surface area contributed by atoms with Gasteiger partial charge in [-0.1, -0.05) is 45.0 Å². The quantitative estimate of drug-likeness (QED) is 0.624. The van der Waals surface area contributed by atoms with E-state index in [-0.39, 0.29) is 11.5 Å². The standard InChI is InChI=1S/C14H24N2S/c1-14(2,3)12-7-5-11(6-8-12)13(16-15)9-10-17-4/h5-8,13,16H,9-10,15H2,1-4H3. The van der Waals surface area contributed by atoms with Gasteiger partial charge in [0, 0.05) is 6.04 Å². The summed E-state index contributed by atoms with van der Waals surface area (Å²) in [5, 5.41) is 0. The fourth-order valence-electron chi connectivity index (χ4n) is 1.80. The van der Waals surface area contributed by atoms with Gasteiger partial charge in [0.15, 0.2) is 0 Å². The fraction of sp³-hybridized carbons (Fsp3) is 0.571. The Morgan fingerprint density at radius 2 is 1.82 bits per heavy atom. The molecule has 1 rings (SSSR count). The number of benzene rings is 1. The van der Waals surface area contributed by atoms with Crippen LogP contribution in [0, 0.1) is 0 Å². The van der Waals surface area contributed by atoms with Gasteiger partial charge in [-0.05, 0) is 35.0 Å². The summed E-state index contributed by atoms with van der Waals surface area (Å²) >= 11 is 1.85. The first-order valence-corrected chi connectivity index (χ1v) is 7.44. The van der Waals surface area contributed by atoms with Crippen LogP contribution in [0.15, 0.2) is 24.3 Å². The van der Waals surface area contributed by atoms with Crippen molar-refractivity contribution in [1.82, 2.24) is 5.43 Å². The highest BCUT2D eigenvalue weighted by atomic mass is 32.2. The highest BCUT2D eigenvalue weighted by molar-refractivity contribution is 7.98. The number of hydrogen-bond donors (Lipinski definition) is 2. The Bertz CT molecular complexity index is 327. The normalized spacial score (nSPS) is 13.7. The lowest BCUT2D eigenvalue weighted by molar-refractivity contribution is 0.541. The molecule has 2 nitrogen and oxygen atoms in total. The van der Waals surface area contributed by atoms with E-state index >= 15 is 0 Å². The van der Waals surface area contributed by atoms with Crippen molar-refractivity contribution in [2.75, 3.05) is 12.0 Å². The molecule has 0 aliphatic rings. The van der Waals surface area contributed by atoms with E-state index in [9.17, 15) is 0 Å². The molecule has 0 saturated heterocycles. The van der Waals surface area contributed by atoms with Crippen LogP contribution in [-0.2, 0) is 5.41 Å². The van der Waals surface area contributed by atoms with E-state index in [1.54, 1.807) is 0 Å². The number of hydrogen-bond acceptors (Lipinski definition) is 3. The average molecular weight is 252 g/mol. The van der Waals surface area contributed by atoms with Gasteiger partial charge >= 0.3 is 0 Å². The molecular formula is C14H24N2S. The Labute approximate surface area is 109 Å². The predicted octanol–water partition coefficient (Wildman–Crippen LogP) is 3.24. The maximum atomic E-state index is 5.61. The Kier molecular flexibility index (Phi) is 5.50. The topological polar surface area (TPSA) is 38.0 Å². The minimum Gasteiger partial charge on any atom is -0.271 e. The first kappa shape index (κ1) is 14.6. The van der Waals surface area contributed by atoms with Crippen molar-refractivity contribution in [3.05, 3.63) is 35.4 Å². The summed E-state index contributed by atoms with van der Waals surface area (Å²) < 4.78 is 0. The van der Waals surface area contributed by atoms with Crippen molar-refractivity contribution in [2.24, 2.45) is 5.84 Å². The summed E-state index contributed by atoms with van der Waals surface area (Å²) in [6.07, 6.45) is 3.18. The third-order valence-corrected chi connectivity index (χ3v) is 3.63. The van der Waals surface area contributed by atoms with E-state index in [1.807, 2.05) is 11.8 Å². The van der Waals surface area contributed by atoms with Gasteiger partial charge < -0.3 is 0 Å². The first-order valence-electron chi connectivity index (χ1n) is 6.04. The third-order valence-electron chi connectivity index (χ3n) is 2.99. The molecule has 96 valence electrons. The average Bonchev–Trinajstić information content (AvgIpc) is 2.29. The molecule has 17 heavy (non-hydrogen) atoms. The lowest BCUT2D eigenvalue weighted by Crippen LogP contribution is -2.28. The van der Waals surface area contributed by atoms with Crippen LogP contribution in [0.4, 0.5) is 0 Å². The summed E-state index contributed by atoms with van der Waals surface area (Å²) in [6.45, 7) is 6.69. The van der Waals surface area contributed by atoms with Crippen molar-refractivity contribution in [3.63, 3.8) is 0 Å². The zero-order valence-electron chi connectivity index (χ0n) is 11.3. The van der Waals surface area contributed by atoms with E-state index in [1.165, 1.54) is 11.1 Å². The van der Waals surface area contributed by atoms with Crippen LogP contribution in [-0.4, -0.2) is 12.0 Å². The fourth-order valence-corrected chi connectivity index (χ4v) is 2.27. The molecule has 1 atom stereocenters. The molecule has 1 aromatic rings. The smallest absolute Gasteiger partial charge is 0.0467 e. The van der Waals surface area contributed by atoms with Crippen molar-refractivity contribution < 1.29 is 0 Å². The van der Waals surface area contributed by atoms with Gasteiger partial charge in [-0.15, -0.1) is 0 Å². The molecule has 0 heterocycles. The monoisotopic (exact) mass is 252 g/mol. The SMILES string of the molecule is CSCCC(NN)c1ccc(C(C)(C)C)cc1. The second-order valence-corrected chi connectivity index (χ2v) is 6.36. The molecular weight excluding hydrogens is 228 g/mol. The van der Waals surface area contributed by atoms with Crippen molar-refractivity contribution in [2.45, 2.75) is 38.6 Å². The molecule has 0 bridgehead atoms. The van der Waals surface area contributed by atoms with Crippen LogP contribution in [0.25, 0.3) is 0 Å². The molecule has 0 radical (unpaired) electrons. The molecule has 0 spiro atoms. The van der Waals surface area contributed by atoms with Crippen molar-refractivity contribution in [1.29, 1.82) is 0 Å². The second kappa shape index (κ2) is 6.43. The molecule has 0 fully saturated rings. The zero-order valence-corrected chi connectivity index (χ0v) is 12.1. The number of rotatable bonds is 5. The molecule has 0 amide bonds. The van der Waals surface area contributed by atoms with Gasteiger partial charge in [-0.25, -0.2) is 0 Å².